The van der Waals surface area contributed by atoms with Crippen LogP contribution in [0.3, 0.4) is 0 Å². The molecule has 0 saturated heterocycles. The van der Waals surface area contributed by atoms with Crippen LogP contribution in [0, 0.1) is 0 Å². The summed E-state index contributed by atoms with van der Waals surface area (Å²) in [5.74, 6) is -0.149. The topological polar surface area (TPSA) is 77.2 Å². The van der Waals surface area contributed by atoms with E-state index >= 15 is 0 Å². The van der Waals surface area contributed by atoms with Gasteiger partial charge >= 0.3 is 0 Å². The van der Waals surface area contributed by atoms with Gasteiger partial charge in [-0.2, -0.15) is 0 Å². The number of amides is 1. The van der Waals surface area contributed by atoms with Crippen LogP contribution in [-0.2, 0) is 9.53 Å². The molecular weight excluding hydrogens is 230 g/mol. The number of carbonyl (C=O) groups excluding carboxylic acids is 1. The standard InChI is InChI=1S/C13H21N3O2/c1-10(12-7-3-4-8-15-12)16-13(17)11(14)6-5-9-18-2/h3-4,7-8,10-11H,5-6,9,14H2,1-2H3,(H,16,17)/t10-,11?/m0/s1. The lowest BCUT2D eigenvalue weighted by molar-refractivity contribution is -0.123. The van der Waals surface area contributed by atoms with Gasteiger partial charge in [0.15, 0.2) is 0 Å². The van der Waals surface area contributed by atoms with Crippen LogP contribution in [0.15, 0.2) is 24.4 Å². The number of nitrogens with zero attached hydrogens (tertiary/aromatic N) is 1. The van der Waals surface area contributed by atoms with E-state index in [9.17, 15) is 4.79 Å². The summed E-state index contributed by atoms with van der Waals surface area (Å²) in [6, 6.07) is 4.98. The number of rotatable bonds is 7. The largest absolute Gasteiger partial charge is 0.385 e. The Labute approximate surface area is 108 Å². The van der Waals surface area contributed by atoms with Gasteiger partial charge in [-0.25, -0.2) is 0 Å². The minimum Gasteiger partial charge on any atom is -0.385 e. The number of hydrogen-bond acceptors (Lipinski definition) is 4. The van der Waals surface area contributed by atoms with Crippen molar-refractivity contribution in [1.82, 2.24) is 10.3 Å². The summed E-state index contributed by atoms with van der Waals surface area (Å²) in [5, 5.41) is 2.86. The molecule has 0 bridgehead atoms. The quantitative estimate of drug-likeness (QED) is 0.709. The van der Waals surface area contributed by atoms with E-state index in [0.717, 1.165) is 12.1 Å². The van der Waals surface area contributed by atoms with Crippen LogP contribution < -0.4 is 11.1 Å². The van der Waals surface area contributed by atoms with Crippen LogP contribution in [0.5, 0.6) is 0 Å². The first-order valence-corrected chi connectivity index (χ1v) is 6.11. The normalized spacial score (nSPS) is 13.9. The van der Waals surface area contributed by atoms with Gasteiger partial charge in [-0.15, -0.1) is 0 Å². The molecular formula is C13H21N3O2. The van der Waals surface area contributed by atoms with Crippen molar-refractivity contribution in [2.75, 3.05) is 13.7 Å². The molecule has 0 aliphatic heterocycles. The summed E-state index contributed by atoms with van der Waals surface area (Å²) >= 11 is 0. The number of nitrogens with two attached hydrogens (primary N) is 1. The average Bonchev–Trinajstić information content (AvgIpc) is 2.39. The molecule has 18 heavy (non-hydrogen) atoms. The third-order valence-corrected chi connectivity index (χ3v) is 2.69. The van der Waals surface area contributed by atoms with Crippen molar-refractivity contribution in [3.05, 3.63) is 30.1 Å². The van der Waals surface area contributed by atoms with Crippen LogP contribution in [0.4, 0.5) is 0 Å². The van der Waals surface area contributed by atoms with E-state index in [0.29, 0.717) is 13.0 Å². The van der Waals surface area contributed by atoms with E-state index in [2.05, 4.69) is 10.3 Å². The maximum absolute atomic E-state index is 11.8. The first-order valence-electron chi connectivity index (χ1n) is 6.11. The van der Waals surface area contributed by atoms with E-state index in [-0.39, 0.29) is 11.9 Å². The zero-order valence-corrected chi connectivity index (χ0v) is 10.9. The lowest BCUT2D eigenvalue weighted by Crippen LogP contribution is -2.41. The van der Waals surface area contributed by atoms with E-state index in [1.807, 2.05) is 25.1 Å². The van der Waals surface area contributed by atoms with Crippen LogP contribution in [0.2, 0.25) is 0 Å². The monoisotopic (exact) mass is 251 g/mol. The van der Waals surface area contributed by atoms with Crippen molar-refractivity contribution in [1.29, 1.82) is 0 Å². The molecule has 5 heteroatoms. The van der Waals surface area contributed by atoms with E-state index in [1.165, 1.54) is 0 Å². The maximum Gasteiger partial charge on any atom is 0.237 e. The van der Waals surface area contributed by atoms with Crippen molar-refractivity contribution in [3.63, 3.8) is 0 Å². The molecule has 1 amide bonds. The number of carbonyl (C=O) groups is 1. The number of nitrogens with one attached hydrogen (secondary N) is 1. The molecule has 1 unspecified atom stereocenters. The van der Waals surface area contributed by atoms with Gasteiger partial charge in [-0.3, -0.25) is 9.78 Å². The Morgan fingerprint density at radius 2 is 2.33 bits per heavy atom. The summed E-state index contributed by atoms with van der Waals surface area (Å²) in [6.07, 6.45) is 3.11. The Morgan fingerprint density at radius 1 is 1.56 bits per heavy atom. The molecule has 100 valence electrons. The van der Waals surface area contributed by atoms with E-state index in [1.54, 1.807) is 13.3 Å². The molecule has 1 aromatic rings. The second kappa shape index (κ2) is 7.79. The first-order chi connectivity index (χ1) is 8.65. The molecule has 0 aliphatic carbocycles. The summed E-state index contributed by atoms with van der Waals surface area (Å²) in [5.41, 5.74) is 6.63. The molecule has 0 aromatic carbocycles. The highest BCUT2D eigenvalue weighted by molar-refractivity contribution is 5.81. The fourth-order valence-corrected chi connectivity index (χ4v) is 1.61. The fraction of sp³-hybridized carbons (Fsp3) is 0.538. The molecule has 1 heterocycles. The van der Waals surface area contributed by atoms with Gasteiger partial charge in [0.1, 0.15) is 0 Å². The maximum atomic E-state index is 11.8. The smallest absolute Gasteiger partial charge is 0.237 e. The highest BCUT2D eigenvalue weighted by atomic mass is 16.5. The van der Waals surface area contributed by atoms with Crippen molar-refractivity contribution < 1.29 is 9.53 Å². The van der Waals surface area contributed by atoms with Crippen LogP contribution >= 0.6 is 0 Å². The van der Waals surface area contributed by atoms with Crippen LogP contribution in [-0.4, -0.2) is 30.6 Å². The molecule has 0 radical (unpaired) electrons. The predicted octanol–water partition coefficient (Wildman–Crippen LogP) is 1.01. The van der Waals surface area contributed by atoms with Gasteiger partial charge in [-0.05, 0) is 31.9 Å². The molecule has 3 N–H and O–H groups in total. The Bertz CT molecular complexity index is 357. The molecule has 2 atom stereocenters. The zero-order chi connectivity index (χ0) is 13.4. The summed E-state index contributed by atoms with van der Waals surface area (Å²) in [6.45, 7) is 2.51. The summed E-state index contributed by atoms with van der Waals surface area (Å²) < 4.78 is 4.93. The molecule has 0 spiro atoms. The molecule has 0 fully saturated rings. The molecule has 0 saturated carbocycles. The van der Waals surface area contributed by atoms with E-state index in [4.69, 9.17) is 10.5 Å². The van der Waals surface area contributed by atoms with Gasteiger partial charge in [0.2, 0.25) is 5.91 Å². The minimum atomic E-state index is -0.494. The third kappa shape index (κ3) is 4.81. The Kier molecular flexibility index (Phi) is 6.32. The number of ether oxygens (including phenoxy) is 1. The molecule has 5 nitrogen and oxygen atoms in total. The lowest BCUT2D eigenvalue weighted by Gasteiger charge is -2.17. The second-order valence-electron chi connectivity index (χ2n) is 4.23. The molecule has 1 rings (SSSR count). The highest BCUT2D eigenvalue weighted by Crippen LogP contribution is 2.08. The summed E-state index contributed by atoms with van der Waals surface area (Å²) in [4.78, 5) is 16.0. The van der Waals surface area contributed by atoms with Gasteiger partial charge in [0.05, 0.1) is 17.8 Å². The Hall–Kier alpha value is -1.46. The third-order valence-electron chi connectivity index (χ3n) is 2.69. The van der Waals surface area contributed by atoms with Gasteiger partial charge < -0.3 is 15.8 Å². The number of methoxy groups -OCH3 is 1. The zero-order valence-electron chi connectivity index (χ0n) is 10.9. The van der Waals surface area contributed by atoms with Crippen LogP contribution in [0.25, 0.3) is 0 Å². The van der Waals surface area contributed by atoms with Gasteiger partial charge in [0.25, 0.3) is 0 Å². The Balaban J connectivity index is 2.39. The number of pyridine rings is 1. The fourth-order valence-electron chi connectivity index (χ4n) is 1.61. The van der Waals surface area contributed by atoms with Crippen molar-refractivity contribution in [2.45, 2.75) is 31.8 Å². The van der Waals surface area contributed by atoms with Crippen molar-refractivity contribution in [2.24, 2.45) is 5.73 Å². The first kappa shape index (κ1) is 14.6. The van der Waals surface area contributed by atoms with Crippen molar-refractivity contribution in [3.8, 4) is 0 Å². The molecule has 0 aliphatic rings. The Morgan fingerprint density at radius 3 is 2.94 bits per heavy atom. The predicted molar refractivity (Wildman–Crippen MR) is 69.9 cm³/mol. The van der Waals surface area contributed by atoms with Gasteiger partial charge in [-0.1, -0.05) is 6.07 Å². The number of hydrogen-bond donors (Lipinski definition) is 2. The summed E-state index contributed by atoms with van der Waals surface area (Å²) in [7, 11) is 1.63. The van der Waals surface area contributed by atoms with Crippen LogP contribution in [0.1, 0.15) is 31.5 Å². The van der Waals surface area contributed by atoms with Gasteiger partial charge in [0, 0.05) is 19.9 Å². The number of aromatic nitrogens is 1. The van der Waals surface area contributed by atoms with E-state index < -0.39 is 6.04 Å². The van der Waals surface area contributed by atoms with Crippen molar-refractivity contribution >= 4 is 5.91 Å². The average molecular weight is 251 g/mol. The second-order valence-corrected chi connectivity index (χ2v) is 4.23. The lowest BCUT2D eigenvalue weighted by atomic mass is 10.1. The minimum absolute atomic E-state index is 0.132. The SMILES string of the molecule is COCCCC(N)C(=O)N[C@@H](C)c1ccccn1. The molecule has 1 aromatic heterocycles. The highest BCUT2D eigenvalue weighted by Gasteiger charge is 2.16.